The molecule has 3 unspecified atom stereocenters. The van der Waals surface area contributed by atoms with Gasteiger partial charge in [-0.15, -0.1) is 0 Å². The predicted molar refractivity (Wildman–Crippen MR) is 108 cm³/mol. The molecule has 1 aliphatic rings. The average Bonchev–Trinajstić information content (AvgIpc) is 2.72. The Morgan fingerprint density at radius 2 is 1.79 bits per heavy atom. The second-order valence-corrected chi connectivity index (χ2v) is 7.45. The number of likely N-dealkylation sites (tertiary alicyclic amines) is 1. The van der Waals surface area contributed by atoms with Gasteiger partial charge < -0.3 is 14.9 Å². The number of Topliss-reactive ketones (excluding diaryl/α,β-unsaturated/α-hetero) is 1. The molecule has 0 aliphatic carbocycles. The third kappa shape index (κ3) is 6.24. The molecule has 5 heteroatoms. The normalized spacial score (nSPS) is 19.9. The van der Waals surface area contributed by atoms with Crippen molar-refractivity contribution in [3.05, 3.63) is 71.8 Å². The van der Waals surface area contributed by atoms with E-state index in [-0.39, 0.29) is 18.5 Å². The molecule has 0 spiro atoms. The third-order valence-corrected chi connectivity index (χ3v) is 5.05. The molecule has 2 N–H and O–H groups in total. The first-order valence-corrected chi connectivity index (χ1v) is 9.95. The zero-order valence-corrected chi connectivity index (χ0v) is 16.1. The van der Waals surface area contributed by atoms with Gasteiger partial charge in [0, 0.05) is 25.1 Å². The van der Waals surface area contributed by atoms with Crippen molar-refractivity contribution in [3.63, 3.8) is 0 Å². The van der Waals surface area contributed by atoms with Crippen LogP contribution < -0.4 is 0 Å². The summed E-state index contributed by atoms with van der Waals surface area (Å²) < 4.78 is 5.90. The number of piperidine rings is 1. The van der Waals surface area contributed by atoms with Crippen LogP contribution in [0.1, 0.15) is 28.8 Å². The third-order valence-electron chi connectivity index (χ3n) is 5.05. The van der Waals surface area contributed by atoms with Gasteiger partial charge in [-0.2, -0.15) is 0 Å². The van der Waals surface area contributed by atoms with Gasteiger partial charge >= 0.3 is 0 Å². The smallest absolute Gasteiger partial charge is 0.191 e. The number of carbonyl (C=O) groups excluding carboxylic acids is 1. The van der Waals surface area contributed by atoms with Crippen LogP contribution in [-0.4, -0.2) is 65.4 Å². The molecule has 1 aliphatic heterocycles. The number of aliphatic hydroxyl groups excluding tert-OH is 2. The molecule has 1 saturated heterocycles. The van der Waals surface area contributed by atoms with E-state index < -0.39 is 12.2 Å². The number of rotatable bonds is 9. The summed E-state index contributed by atoms with van der Waals surface area (Å²) in [5.74, 6) is -0.0787. The van der Waals surface area contributed by atoms with Gasteiger partial charge in [0.25, 0.3) is 0 Å². The Balaban J connectivity index is 1.60. The summed E-state index contributed by atoms with van der Waals surface area (Å²) in [6, 6.07) is 18.9. The van der Waals surface area contributed by atoms with Gasteiger partial charge in [0.1, 0.15) is 6.10 Å². The minimum absolute atomic E-state index is 0.0787. The number of ether oxygens (including phenoxy) is 1. The highest BCUT2D eigenvalue weighted by molar-refractivity contribution is 5.99. The molecule has 0 saturated carbocycles. The van der Waals surface area contributed by atoms with Crippen LogP contribution in [0.5, 0.6) is 0 Å². The van der Waals surface area contributed by atoms with Gasteiger partial charge in [0.2, 0.25) is 0 Å². The van der Waals surface area contributed by atoms with Crippen LogP contribution >= 0.6 is 0 Å². The van der Waals surface area contributed by atoms with Gasteiger partial charge in [-0.3, -0.25) is 9.69 Å². The molecular weight excluding hydrogens is 354 g/mol. The Labute approximate surface area is 166 Å². The first-order valence-electron chi connectivity index (χ1n) is 9.95. The van der Waals surface area contributed by atoms with E-state index >= 15 is 0 Å². The number of benzene rings is 2. The van der Waals surface area contributed by atoms with Gasteiger partial charge in [-0.25, -0.2) is 0 Å². The fraction of sp³-hybridized carbons (Fsp3) is 0.435. The van der Waals surface area contributed by atoms with Crippen molar-refractivity contribution < 1.29 is 19.7 Å². The van der Waals surface area contributed by atoms with E-state index in [1.165, 1.54) is 0 Å². The Morgan fingerprint density at radius 3 is 2.46 bits per heavy atom. The molecule has 5 nitrogen and oxygen atoms in total. The lowest BCUT2D eigenvalue weighted by Gasteiger charge is -2.31. The highest BCUT2D eigenvalue weighted by atomic mass is 16.5. The first kappa shape index (κ1) is 20.7. The lowest BCUT2D eigenvalue weighted by molar-refractivity contribution is -0.0233. The standard InChI is InChI=1S/C23H29NO4/c25-20-12-7-13-24(15-20)16-21(26)17-28-22(14-18-8-3-1-4-9-18)23(27)19-10-5-2-6-11-19/h1-6,8-11,20-22,25-26H,7,12-17H2. The predicted octanol–water partition coefficient (Wildman–Crippen LogP) is 2.31. The molecule has 2 aromatic carbocycles. The largest absolute Gasteiger partial charge is 0.392 e. The summed E-state index contributed by atoms with van der Waals surface area (Å²) in [6.45, 7) is 1.97. The lowest BCUT2D eigenvalue weighted by Crippen LogP contribution is -2.44. The maximum Gasteiger partial charge on any atom is 0.191 e. The van der Waals surface area contributed by atoms with Crippen molar-refractivity contribution in [1.29, 1.82) is 0 Å². The molecule has 0 bridgehead atoms. The number of β-amino-alcohol motifs (C(OH)–C–C–N with tert-alkyl or cyclic N) is 2. The van der Waals surface area contributed by atoms with Gasteiger partial charge in [-0.05, 0) is 24.9 Å². The summed E-state index contributed by atoms with van der Waals surface area (Å²) >= 11 is 0. The fourth-order valence-electron chi connectivity index (χ4n) is 3.62. The maximum absolute atomic E-state index is 12.9. The van der Waals surface area contributed by atoms with E-state index in [0.29, 0.717) is 25.1 Å². The second-order valence-electron chi connectivity index (χ2n) is 7.45. The zero-order valence-electron chi connectivity index (χ0n) is 16.1. The molecule has 28 heavy (non-hydrogen) atoms. The van der Waals surface area contributed by atoms with E-state index in [1.807, 2.05) is 53.4 Å². The molecule has 3 rings (SSSR count). The number of nitrogens with zero attached hydrogens (tertiary/aromatic N) is 1. The van der Waals surface area contributed by atoms with Crippen LogP contribution in [0.25, 0.3) is 0 Å². The van der Waals surface area contributed by atoms with Crippen LogP contribution in [0.4, 0.5) is 0 Å². The van der Waals surface area contributed by atoms with Crippen molar-refractivity contribution in [2.45, 2.75) is 37.6 Å². The maximum atomic E-state index is 12.9. The molecule has 0 radical (unpaired) electrons. The van der Waals surface area contributed by atoms with Gasteiger partial charge in [0.15, 0.2) is 5.78 Å². The molecular formula is C23H29NO4. The number of hydrogen-bond acceptors (Lipinski definition) is 5. The molecule has 0 amide bonds. The van der Waals surface area contributed by atoms with Crippen molar-refractivity contribution in [2.75, 3.05) is 26.2 Å². The number of carbonyl (C=O) groups is 1. The van der Waals surface area contributed by atoms with E-state index in [0.717, 1.165) is 24.9 Å². The Kier molecular flexibility index (Phi) is 7.74. The minimum atomic E-state index is -0.702. The molecule has 1 fully saturated rings. The molecule has 1 heterocycles. The molecule has 0 aromatic heterocycles. The Morgan fingerprint density at radius 1 is 1.11 bits per heavy atom. The van der Waals surface area contributed by atoms with Crippen LogP contribution in [0.3, 0.4) is 0 Å². The summed E-state index contributed by atoms with van der Waals surface area (Å²) in [5.41, 5.74) is 1.63. The monoisotopic (exact) mass is 383 g/mol. The average molecular weight is 383 g/mol. The van der Waals surface area contributed by atoms with Crippen LogP contribution in [0.15, 0.2) is 60.7 Å². The minimum Gasteiger partial charge on any atom is -0.392 e. The quantitative estimate of drug-likeness (QED) is 0.651. The fourth-order valence-corrected chi connectivity index (χ4v) is 3.62. The second kappa shape index (κ2) is 10.5. The van der Waals surface area contributed by atoms with Gasteiger partial charge in [-0.1, -0.05) is 60.7 Å². The highest BCUT2D eigenvalue weighted by Gasteiger charge is 2.24. The zero-order chi connectivity index (χ0) is 19.8. The van der Waals surface area contributed by atoms with Crippen LogP contribution in [-0.2, 0) is 11.2 Å². The van der Waals surface area contributed by atoms with E-state index in [9.17, 15) is 15.0 Å². The summed E-state index contributed by atoms with van der Waals surface area (Å²) in [5, 5.41) is 20.2. The lowest BCUT2D eigenvalue weighted by atomic mass is 10.00. The molecule has 3 atom stereocenters. The summed E-state index contributed by atoms with van der Waals surface area (Å²) in [6.07, 6.45) is 0.529. The van der Waals surface area contributed by atoms with E-state index in [4.69, 9.17) is 4.74 Å². The molecule has 2 aromatic rings. The first-order chi connectivity index (χ1) is 13.6. The van der Waals surface area contributed by atoms with Crippen molar-refractivity contribution >= 4 is 5.78 Å². The topological polar surface area (TPSA) is 70.0 Å². The SMILES string of the molecule is O=C(c1ccccc1)C(Cc1ccccc1)OCC(O)CN1CCCC(O)C1. The Hall–Kier alpha value is -2.05. The van der Waals surface area contributed by atoms with Crippen LogP contribution in [0, 0.1) is 0 Å². The van der Waals surface area contributed by atoms with Crippen LogP contribution in [0.2, 0.25) is 0 Å². The van der Waals surface area contributed by atoms with E-state index in [1.54, 1.807) is 12.1 Å². The van der Waals surface area contributed by atoms with Crippen molar-refractivity contribution in [2.24, 2.45) is 0 Å². The molecule has 150 valence electrons. The number of aliphatic hydroxyl groups is 2. The number of hydrogen-bond donors (Lipinski definition) is 2. The Bertz CT molecular complexity index is 722. The van der Waals surface area contributed by atoms with E-state index in [2.05, 4.69) is 0 Å². The van der Waals surface area contributed by atoms with Crippen molar-refractivity contribution in [3.8, 4) is 0 Å². The highest BCUT2D eigenvalue weighted by Crippen LogP contribution is 2.14. The van der Waals surface area contributed by atoms with Gasteiger partial charge in [0.05, 0.1) is 18.8 Å². The summed E-state index contributed by atoms with van der Waals surface area (Å²) in [4.78, 5) is 15.0. The number of ketones is 1. The summed E-state index contributed by atoms with van der Waals surface area (Å²) in [7, 11) is 0. The van der Waals surface area contributed by atoms with Crippen molar-refractivity contribution in [1.82, 2.24) is 4.90 Å².